The first-order chi connectivity index (χ1) is 9.99. The number of carbonyl (C=O) groups is 1. The van der Waals surface area contributed by atoms with Crippen molar-refractivity contribution in [2.45, 2.75) is 32.2 Å². The van der Waals surface area contributed by atoms with Gasteiger partial charge in [-0.2, -0.15) is 0 Å². The van der Waals surface area contributed by atoms with Crippen LogP contribution in [0.25, 0.3) is 10.9 Å². The lowest BCUT2D eigenvalue weighted by Crippen LogP contribution is -2.34. The summed E-state index contributed by atoms with van der Waals surface area (Å²) < 4.78 is 2.33. The van der Waals surface area contributed by atoms with Gasteiger partial charge in [0.25, 0.3) is 5.56 Å². The lowest BCUT2D eigenvalue weighted by Gasteiger charge is -2.25. The first-order valence-electron chi connectivity index (χ1n) is 6.86. The Kier molecular flexibility index (Phi) is 3.53. The van der Waals surface area contributed by atoms with Crippen LogP contribution in [-0.2, 0) is 4.79 Å². The van der Waals surface area contributed by atoms with E-state index in [-0.39, 0.29) is 11.3 Å². The average molecular weight is 347 g/mol. The summed E-state index contributed by atoms with van der Waals surface area (Å²) in [6.45, 7) is 5.64. The Bertz CT molecular complexity index is 823. The van der Waals surface area contributed by atoms with Gasteiger partial charge in [-0.05, 0) is 47.8 Å². The highest BCUT2D eigenvalue weighted by atomic mass is 79.9. The molecule has 4 nitrogen and oxygen atoms in total. The van der Waals surface area contributed by atoms with Crippen molar-refractivity contribution in [3.8, 4) is 0 Å². The number of fused-ring (bicyclic) bond motifs is 1. The fourth-order valence-corrected chi connectivity index (χ4v) is 3.34. The van der Waals surface area contributed by atoms with Crippen LogP contribution in [0.3, 0.4) is 0 Å². The molecule has 1 aromatic heterocycles. The van der Waals surface area contributed by atoms with Gasteiger partial charge in [-0.3, -0.25) is 14.2 Å². The van der Waals surface area contributed by atoms with E-state index >= 15 is 0 Å². The molecule has 0 bridgehead atoms. The third-order valence-electron chi connectivity index (χ3n) is 3.94. The summed E-state index contributed by atoms with van der Waals surface area (Å²) in [4.78, 5) is 29.5. The standard InChI is InChI=1S/C16H15BrN2O2/c1-9-6-7-13(14(20)8-9)19-10(2)18-15-11(16(19)21)4-3-5-12(15)17/h3-5,13H,1,6-8H2,2H3. The van der Waals surface area contributed by atoms with Crippen LogP contribution in [0.15, 0.2) is 39.6 Å². The zero-order chi connectivity index (χ0) is 15.1. The third kappa shape index (κ3) is 2.35. The molecule has 1 unspecified atom stereocenters. The first-order valence-corrected chi connectivity index (χ1v) is 7.65. The Labute approximate surface area is 130 Å². The molecule has 108 valence electrons. The van der Waals surface area contributed by atoms with E-state index in [1.807, 2.05) is 6.07 Å². The number of aromatic nitrogens is 2. The van der Waals surface area contributed by atoms with Crippen LogP contribution in [0.4, 0.5) is 0 Å². The van der Waals surface area contributed by atoms with Crippen molar-refractivity contribution in [1.82, 2.24) is 9.55 Å². The third-order valence-corrected chi connectivity index (χ3v) is 4.58. The first kappa shape index (κ1) is 14.2. The largest absolute Gasteiger partial charge is 0.297 e. The minimum absolute atomic E-state index is 0.0487. The average Bonchev–Trinajstić information content (AvgIpc) is 2.42. The lowest BCUT2D eigenvalue weighted by molar-refractivity contribution is -0.122. The van der Waals surface area contributed by atoms with E-state index in [0.717, 1.165) is 16.5 Å². The number of allylic oxidation sites excluding steroid dienone is 1. The molecule has 2 aromatic rings. The Morgan fingerprint density at radius 2 is 2.14 bits per heavy atom. The number of nitrogens with zero attached hydrogens (tertiary/aromatic N) is 2. The maximum absolute atomic E-state index is 12.8. The summed E-state index contributed by atoms with van der Waals surface area (Å²) in [5, 5.41) is 0.534. The summed E-state index contributed by atoms with van der Waals surface area (Å²) in [7, 11) is 0. The Morgan fingerprint density at radius 3 is 2.86 bits per heavy atom. The topological polar surface area (TPSA) is 52.0 Å². The molecule has 1 aliphatic carbocycles. The number of hydrogen-bond acceptors (Lipinski definition) is 3. The van der Waals surface area contributed by atoms with Gasteiger partial charge in [0, 0.05) is 10.9 Å². The van der Waals surface area contributed by atoms with Crippen molar-refractivity contribution in [2.75, 3.05) is 0 Å². The second kappa shape index (κ2) is 5.22. The van der Waals surface area contributed by atoms with E-state index in [9.17, 15) is 9.59 Å². The summed E-state index contributed by atoms with van der Waals surface area (Å²) in [6.07, 6.45) is 1.76. The quantitative estimate of drug-likeness (QED) is 0.744. The Morgan fingerprint density at radius 1 is 1.38 bits per heavy atom. The van der Waals surface area contributed by atoms with Gasteiger partial charge in [-0.1, -0.05) is 18.2 Å². The van der Waals surface area contributed by atoms with Crippen molar-refractivity contribution in [3.05, 3.63) is 51.0 Å². The molecule has 1 aliphatic rings. The van der Waals surface area contributed by atoms with Gasteiger partial charge in [0.15, 0.2) is 5.78 Å². The molecule has 21 heavy (non-hydrogen) atoms. The Balaban J connectivity index is 2.22. The Hall–Kier alpha value is -1.75. The molecule has 0 saturated heterocycles. The molecule has 0 spiro atoms. The van der Waals surface area contributed by atoms with Gasteiger partial charge in [-0.15, -0.1) is 0 Å². The molecule has 1 fully saturated rings. The van der Waals surface area contributed by atoms with E-state index in [4.69, 9.17) is 0 Å². The van der Waals surface area contributed by atoms with Crippen molar-refractivity contribution < 1.29 is 4.79 Å². The van der Waals surface area contributed by atoms with E-state index in [2.05, 4.69) is 27.5 Å². The SMILES string of the molecule is C=C1CCC(n2c(C)nc3c(Br)cccc3c2=O)C(=O)C1. The van der Waals surface area contributed by atoms with Crippen LogP contribution in [0.1, 0.15) is 31.1 Å². The highest BCUT2D eigenvalue weighted by Gasteiger charge is 2.28. The number of ketones is 1. The van der Waals surface area contributed by atoms with Crippen LogP contribution in [0.2, 0.25) is 0 Å². The number of Topliss-reactive ketones (excluding diaryl/α,β-unsaturated/α-hetero) is 1. The number of para-hydroxylation sites is 1. The highest BCUT2D eigenvalue weighted by molar-refractivity contribution is 9.10. The van der Waals surface area contributed by atoms with E-state index in [0.29, 0.717) is 29.6 Å². The minimum atomic E-state index is -0.418. The molecule has 0 N–H and O–H groups in total. The zero-order valence-corrected chi connectivity index (χ0v) is 13.3. The van der Waals surface area contributed by atoms with Crippen molar-refractivity contribution in [2.24, 2.45) is 0 Å². The predicted molar refractivity (Wildman–Crippen MR) is 85.5 cm³/mol. The normalized spacial score (nSPS) is 19.2. The van der Waals surface area contributed by atoms with Crippen molar-refractivity contribution in [1.29, 1.82) is 0 Å². The number of hydrogen-bond donors (Lipinski definition) is 0. The molecule has 0 amide bonds. The van der Waals surface area contributed by atoms with E-state index < -0.39 is 6.04 Å². The van der Waals surface area contributed by atoms with Gasteiger partial charge in [0.05, 0.1) is 16.9 Å². The molecule has 1 atom stereocenters. The van der Waals surface area contributed by atoms with Gasteiger partial charge in [0.1, 0.15) is 5.82 Å². The fourth-order valence-electron chi connectivity index (χ4n) is 2.89. The van der Waals surface area contributed by atoms with Crippen LogP contribution in [-0.4, -0.2) is 15.3 Å². The van der Waals surface area contributed by atoms with Gasteiger partial charge in [0.2, 0.25) is 0 Å². The number of benzene rings is 1. The molecule has 5 heteroatoms. The maximum atomic E-state index is 12.8. The smallest absolute Gasteiger partial charge is 0.262 e. The molecule has 3 rings (SSSR count). The highest BCUT2D eigenvalue weighted by Crippen LogP contribution is 2.29. The lowest BCUT2D eigenvalue weighted by atomic mass is 9.90. The number of carbonyl (C=O) groups excluding carboxylic acids is 1. The second-order valence-corrected chi connectivity index (χ2v) is 6.27. The minimum Gasteiger partial charge on any atom is -0.297 e. The van der Waals surface area contributed by atoms with Gasteiger partial charge >= 0.3 is 0 Å². The summed E-state index contributed by atoms with van der Waals surface area (Å²) in [5.41, 5.74) is 1.44. The zero-order valence-electron chi connectivity index (χ0n) is 11.7. The van der Waals surface area contributed by atoms with Crippen LogP contribution in [0, 0.1) is 6.92 Å². The molecule has 1 aromatic carbocycles. The molecular weight excluding hydrogens is 332 g/mol. The summed E-state index contributed by atoms with van der Waals surface area (Å²) in [5.74, 6) is 0.623. The van der Waals surface area contributed by atoms with Crippen LogP contribution < -0.4 is 5.56 Å². The summed E-state index contributed by atoms with van der Waals surface area (Å²) >= 11 is 3.42. The van der Waals surface area contributed by atoms with Gasteiger partial charge in [-0.25, -0.2) is 4.98 Å². The monoisotopic (exact) mass is 346 g/mol. The van der Waals surface area contributed by atoms with E-state index in [1.54, 1.807) is 23.6 Å². The van der Waals surface area contributed by atoms with Crippen LogP contribution >= 0.6 is 15.9 Å². The molecule has 0 aliphatic heterocycles. The van der Waals surface area contributed by atoms with Crippen molar-refractivity contribution >= 4 is 32.6 Å². The fraction of sp³-hybridized carbons (Fsp3) is 0.312. The van der Waals surface area contributed by atoms with Gasteiger partial charge < -0.3 is 0 Å². The number of rotatable bonds is 1. The van der Waals surface area contributed by atoms with Crippen molar-refractivity contribution in [3.63, 3.8) is 0 Å². The molecule has 1 saturated carbocycles. The molecule has 1 heterocycles. The molecule has 0 radical (unpaired) electrons. The number of aryl methyl sites for hydroxylation is 1. The predicted octanol–water partition coefficient (Wildman–Crippen LogP) is 3.32. The maximum Gasteiger partial charge on any atom is 0.262 e. The summed E-state index contributed by atoms with van der Waals surface area (Å²) in [6, 6.07) is 4.99. The van der Waals surface area contributed by atoms with Crippen LogP contribution in [0.5, 0.6) is 0 Å². The van der Waals surface area contributed by atoms with E-state index in [1.165, 1.54) is 0 Å². The second-order valence-electron chi connectivity index (χ2n) is 5.42. The molecular formula is C16H15BrN2O2. The number of halogens is 1.